The molecule has 0 aromatic heterocycles. The van der Waals surface area contributed by atoms with Gasteiger partial charge in [0.05, 0.1) is 25.6 Å². The molecule has 25 heavy (non-hydrogen) atoms. The molecule has 0 radical (unpaired) electrons. The van der Waals surface area contributed by atoms with Crippen molar-refractivity contribution in [3.8, 4) is 11.5 Å². The van der Waals surface area contributed by atoms with Gasteiger partial charge in [0.2, 0.25) is 5.91 Å². The van der Waals surface area contributed by atoms with Gasteiger partial charge in [0.1, 0.15) is 18.1 Å². The summed E-state index contributed by atoms with van der Waals surface area (Å²) in [4.78, 5) is 24.8. The van der Waals surface area contributed by atoms with Gasteiger partial charge in [-0.2, -0.15) is 0 Å². The van der Waals surface area contributed by atoms with Crippen LogP contribution in [0.4, 0.5) is 0 Å². The molecule has 0 saturated carbocycles. The molecule has 1 aromatic rings. The van der Waals surface area contributed by atoms with E-state index in [0.717, 1.165) is 11.5 Å². The Hall–Kier alpha value is -2.28. The first-order chi connectivity index (χ1) is 12.1. The third-order valence-corrected chi connectivity index (χ3v) is 4.13. The molecule has 1 saturated heterocycles. The maximum Gasteiger partial charge on any atom is 0.306 e. The highest BCUT2D eigenvalue weighted by atomic mass is 16.5. The number of hydrogen-bond acceptors (Lipinski definition) is 5. The van der Waals surface area contributed by atoms with Gasteiger partial charge in [-0.25, -0.2) is 0 Å². The van der Waals surface area contributed by atoms with Crippen LogP contribution >= 0.6 is 0 Å². The highest BCUT2D eigenvalue weighted by Crippen LogP contribution is 2.18. The monoisotopic (exact) mass is 350 g/mol. The second-order valence-electron chi connectivity index (χ2n) is 5.99. The van der Waals surface area contributed by atoms with Crippen LogP contribution in [0.2, 0.25) is 0 Å². The normalized spacial score (nSPS) is 15.6. The van der Waals surface area contributed by atoms with Crippen molar-refractivity contribution in [1.82, 2.24) is 10.2 Å². The minimum absolute atomic E-state index is 0.0657. The number of carbonyl (C=O) groups is 2. The minimum Gasteiger partial charge on any atom is -0.494 e. The highest BCUT2D eigenvalue weighted by molar-refractivity contribution is 5.78. The van der Waals surface area contributed by atoms with Crippen molar-refractivity contribution in [2.45, 2.75) is 19.8 Å². The zero-order valence-electron chi connectivity index (χ0n) is 14.6. The summed E-state index contributed by atoms with van der Waals surface area (Å²) in [5, 5.41) is 11.8. The number of ether oxygens (including phenoxy) is 2. The van der Waals surface area contributed by atoms with Crippen LogP contribution in [0.5, 0.6) is 11.5 Å². The van der Waals surface area contributed by atoms with E-state index in [-0.39, 0.29) is 11.8 Å². The number of benzene rings is 1. The van der Waals surface area contributed by atoms with E-state index in [1.807, 2.05) is 36.1 Å². The van der Waals surface area contributed by atoms with Crippen LogP contribution < -0.4 is 14.8 Å². The fourth-order valence-corrected chi connectivity index (χ4v) is 2.76. The molecule has 1 amide bonds. The van der Waals surface area contributed by atoms with Gasteiger partial charge in [0, 0.05) is 0 Å². The lowest BCUT2D eigenvalue weighted by Crippen LogP contribution is -2.43. The molecule has 1 fully saturated rings. The molecule has 1 aliphatic rings. The first kappa shape index (κ1) is 19.1. The van der Waals surface area contributed by atoms with E-state index < -0.39 is 5.97 Å². The number of likely N-dealkylation sites (tertiary alicyclic amines) is 1. The fraction of sp³-hybridized carbons (Fsp3) is 0.556. The molecular formula is C18H26N2O5. The van der Waals surface area contributed by atoms with E-state index in [0.29, 0.717) is 52.2 Å². The molecule has 138 valence electrons. The number of carboxylic acid groups (broad SMARTS) is 1. The maximum absolute atomic E-state index is 11.9. The zero-order chi connectivity index (χ0) is 18.1. The Morgan fingerprint density at radius 3 is 2.32 bits per heavy atom. The lowest BCUT2D eigenvalue weighted by atomic mass is 9.97. The van der Waals surface area contributed by atoms with Gasteiger partial charge in [-0.1, -0.05) is 0 Å². The van der Waals surface area contributed by atoms with Crippen molar-refractivity contribution in [1.29, 1.82) is 0 Å². The summed E-state index contributed by atoms with van der Waals surface area (Å²) in [6.07, 6.45) is 1.20. The number of hydrogen-bond donors (Lipinski definition) is 2. The van der Waals surface area contributed by atoms with Gasteiger partial charge in [-0.05, 0) is 57.1 Å². The van der Waals surface area contributed by atoms with Crippen molar-refractivity contribution in [2.75, 3.05) is 39.4 Å². The van der Waals surface area contributed by atoms with Gasteiger partial charge in [-0.15, -0.1) is 0 Å². The summed E-state index contributed by atoms with van der Waals surface area (Å²) in [6, 6.07) is 7.36. The summed E-state index contributed by atoms with van der Waals surface area (Å²) in [5.74, 6) is 0.449. The fourth-order valence-electron chi connectivity index (χ4n) is 2.76. The molecule has 7 heteroatoms. The van der Waals surface area contributed by atoms with Crippen LogP contribution in [0.25, 0.3) is 0 Å². The second kappa shape index (κ2) is 9.88. The second-order valence-corrected chi connectivity index (χ2v) is 5.99. The number of carboxylic acids is 1. The summed E-state index contributed by atoms with van der Waals surface area (Å²) < 4.78 is 10.9. The lowest BCUT2D eigenvalue weighted by Gasteiger charge is -2.29. The number of rotatable bonds is 9. The Bertz CT molecular complexity index is 553. The van der Waals surface area contributed by atoms with Crippen LogP contribution in [-0.4, -0.2) is 61.3 Å². The van der Waals surface area contributed by atoms with E-state index in [9.17, 15) is 9.59 Å². The van der Waals surface area contributed by atoms with E-state index in [1.165, 1.54) is 0 Å². The maximum atomic E-state index is 11.9. The van der Waals surface area contributed by atoms with E-state index in [1.54, 1.807) is 0 Å². The number of piperidine rings is 1. The van der Waals surface area contributed by atoms with E-state index in [4.69, 9.17) is 14.6 Å². The Morgan fingerprint density at radius 1 is 1.16 bits per heavy atom. The van der Waals surface area contributed by atoms with Crippen molar-refractivity contribution >= 4 is 11.9 Å². The van der Waals surface area contributed by atoms with Gasteiger partial charge in [-0.3, -0.25) is 14.5 Å². The summed E-state index contributed by atoms with van der Waals surface area (Å²) in [6.45, 7) is 4.97. The average Bonchev–Trinajstić information content (AvgIpc) is 2.61. The molecule has 0 aliphatic carbocycles. The van der Waals surface area contributed by atoms with Gasteiger partial charge in [0.15, 0.2) is 0 Å². The number of nitrogens with zero attached hydrogens (tertiary/aromatic N) is 1. The molecule has 0 spiro atoms. The molecular weight excluding hydrogens is 324 g/mol. The Balaban J connectivity index is 1.58. The molecule has 1 aliphatic heterocycles. The van der Waals surface area contributed by atoms with E-state index in [2.05, 4.69) is 5.32 Å². The van der Waals surface area contributed by atoms with Crippen LogP contribution in [0.1, 0.15) is 19.8 Å². The van der Waals surface area contributed by atoms with Crippen molar-refractivity contribution in [2.24, 2.45) is 5.92 Å². The molecule has 2 rings (SSSR count). The molecule has 0 bridgehead atoms. The first-order valence-corrected chi connectivity index (χ1v) is 8.66. The standard InChI is InChI=1S/C18H26N2O5/c1-2-24-15-3-5-16(6-4-15)25-12-9-19-17(21)13-20-10-7-14(8-11-20)18(22)23/h3-6,14H,2,7-13H2,1H3,(H,19,21)(H,22,23). The molecule has 2 N–H and O–H groups in total. The summed E-state index contributed by atoms with van der Waals surface area (Å²) in [5.41, 5.74) is 0. The topological polar surface area (TPSA) is 88.1 Å². The van der Waals surface area contributed by atoms with Crippen molar-refractivity contribution in [3.63, 3.8) is 0 Å². The minimum atomic E-state index is -0.740. The summed E-state index contributed by atoms with van der Waals surface area (Å²) >= 11 is 0. The highest BCUT2D eigenvalue weighted by Gasteiger charge is 2.25. The predicted octanol–water partition coefficient (Wildman–Crippen LogP) is 1.38. The largest absolute Gasteiger partial charge is 0.494 e. The lowest BCUT2D eigenvalue weighted by molar-refractivity contribution is -0.143. The molecule has 1 heterocycles. The number of amides is 1. The SMILES string of the molecule is CCOc1ccc(OCCNC(=O)CN2CCC(C(=O)O)CC2)cc1. The molecule has 0 unspecified atom stereocenters. The van der Waals surface area contributed by atoms with Gasteiger partial charge < -0.3 is 19.9 Å². The quantitative estimate of drug-likeness (QED) is 0.654. The number of aliphatic carboxylic acids is 1. The van der Waals surface area contributed by atoms with Gasteiger partial charge >= 0.3 is 5.97 Å². The van der Waals surface area contributed by atoms with Crippen LogP contribution in [0.15, 0.2) is 24.3 Å². The smallest absolute Gasteiger partial charge is 0.306 e. The Labute approximate surface area is 147 Å². The number of nitrogens with one attached hydrogen (secondary N) is 1. The zero-order valence-corrected chi connectivity index (χ0v) is 14.6. The number of carbonyl (C=O) groups excluding carboxylic acids is 1. The van der Waals surface area contributed by atoms with E-state index >= 15 is 0 Å². The van der Waals surface area contributed by atoms with Crippen LogP contribution in [-0.2, 0) is 9.59 Å². The molecule has 0 atom stereocenters. The average molecular weight is 350 g/mol. The van der Waals surface area contributed by atoms with Gasteiger partial charge in [0.25, 0.3) is 0 Å². The molecule has 7 nitrogen and oxygen atoms in total. The van der Waals surface area contributed by atoms with Crippen LogP contribution in [0.3, 0.4) is 0 Å². The third-order valence-electron chi connectivity index (χ3n) is 4.13. The third kappa shape index (κ3) is 6.62. The Kier molecular flexibility index (Phi) is 7.53. The van der Waals surface area contributed by atoms with Crippen LogP contribution in [0, 0.1) is 5.92 Å². The first-order valence-electron chi connectivity index (χ1n) is 8.66. The predicted molar refractivity (Wildman–Crippen MR) is 92.9 cm³/mol. The van der Waals surface area contributed by atoms with Crippen molar-refractivity contribution < 1.29 is 24.2 Å². The van der Waals surface area contributed by atoms with Crippen molar-refractivity contribution in [3.05, 3.63) is 24.3 Å². The Morgan fingerprint density at radius 2 is 1.76 bits per heavy atom. The molecule has 1 aromatic carbocycles. The summed E-state index contributed by atoms with van der Waals surface area (Å²) in [7, 11) is 0.